The molecule has 0 aromatic heterocycles. The number of benzene rings is 1. The normalized spacial score (nSPS) is 11.9. The van der Waals surface area contributed by atoms with Crippen molar-refractivity contribution in [1.29, 1.82) is 0 Å². The van der Waals surface area contributed by atoms with Crippen LogP contribution in [0, 0.1) is 5.82 Å². The Balaban J connectivity index is 2.76. The molecule has 1 atom stereocenters. The predicted molar refractivity (Wildman–Crippen MR) is 62.6 cm³/mol. The lowest BCUT2D eigenvalue weighted by Gasteiger charge is -2.11. The van der Waals surface area contributed by atoms with Gasteiger partial charge >= 0.3 is 0 Å². The topological polar surface area (TPSA) is 55.1 Å². The van der Waals surface area contributed by atoms with Gasteiger partial charge in [0.05, 0.1) is 0 Å². The van der Waals surface area contributed by atoms with E-state index in [9.17, 15) is 9.18 Å². The highest BCUT2D eigenvalue weighted by molar-refractivity contribution is 5.95. The van der Waals surface area contributed by atoms with E-state index in [2.05, 4.69) is 11.9 Å². The molecular weight excluding hydrogens is 207 g/mol. The summed E-state index contributed by atoms with van der Waals surface area (Å²) in [5.41, 5.74) is 5.92. The number of nitrogens with one attached hydrogen (secondary N) is 1. The fourth-order valence-electron chi connectivity index (χ4n) is 1.36. The van der Waals surface area contributed by atoms with Gasteiger partial charge in [-0.1, -0.05) is 6.08 Å². The van der Waals surface area contributed by atoms with Crippen LogP contribution in [0.2, 0.25) is 0 Å². The number of nitrogen functional groups attached to an aromatic ring is 1. The Kier molecular flexibility index (Phi) is 4.05. The second-order valence-electron chi connectivity index (χ2n) is 3.67. The van der Waals surface area contributed by atoms with Crippen molar-refractivity contribution in [2.75, 3.05) is 5.73 Å². The van der Waals surface area contributed by atoms with Gasteiger partial charge < -0.3 is 11.1 Å². The molecule has 0 aliphatic rings. The molecule has 0 radical (unpaired) electrons. The average molecular weight is 222 g/mol. The Morgan fingerprint density at radius 3 is 2.88 bits per heavy atom. The van der Waals surface area contributed by atoms with E-state index in [0.29, 0.717) is 6.42 Å². The molecule has 1 aromatic rings. The van der Waals surface area contributed by atoms with Crippen LogP contribution >= 0.6 is 0 Å². The van der Waals surface area contributed by atoms with Crippen molar-refractivity contribution in [3.63, 3.8) is 0 Å². The summed E-state index contributed by atoms with van der Waals surface area (Å²) in [6, 6.07) is 3.74. The lowest BCUT2D eigenvalue weighted by molar-refractivity contribution is 0.0940. The molecule has 3 N–H and O–H groups in total. The summed E-state index contributed by atoms with van der Waals surface area (Å²) in [7, 11) is 0. The van der Waals surface area contributed by atoms with Crippen LogP contribution in [-0.4, -0.2) is 11.9 Å². The Morgan fingerprint density at radius 1 is 1.62 bits per heavy atom. The van der Waals surface area contributed by atoms with E-state index in [1.54, 1.807) is 6.08 Å². The number of carbonyl (C=O) groups excluding carboxylic acids is 1. The molecule has 0 spiro atoms. The summed E-state index contributed by atoms with van der Waals surface area (Å²) in [6.07, 6.45) is 2.38. The standard InChI is InChI=1S/C12H15FN2O/c1-3-4-8(2)15-12(16)9-5-10(13)7-11(14)6-9/h3,5-8H,1,4,14H2,2H3,(H,15,16). The zero-order valence-corrected chi connectivity index (χ0v) is 9.16. The van der Waals surface area contributed by atoms with Crippen molar-refractivity contribution >= 4 is 11.6 Å². The Labute approximate surface area is 94.1 Å². The fourth-order valence-corrected chi connectivity index (χ4v) is 1.36. The van der Waals surface area contributed by atoms with E-state index in [1.807, 2.05) is 6.92 Å². The average Bonchev–Trinajstić information content (AvgIpc) is 2.16. The van der Waals surface area contributed by atoms with Crippen LogP contribution in [0.5, 0.6) is 0 Å². The van der Waals surface area contributed by atoms with Crippen LogP contribution in [0.15, 0.2) is 30.9 Å². The van der Waals surface area contributed by atoms with E-state index < -0.39 is 5.82 Å². The molecular formula is C12H15FN2O. The first-order valence-electron chi connectivity index (χ1n) is 5.00. The van der Waals surface area contributed by atoms with E-state index in [0.717, 1.165) is 6.07 Å². The highest BCUT2D eigenvalue weighted by Gasteiger charge is 2.10. The van der Waals surface area contributed by atoms with E-state index in [4.69, 9.17) is 5.73 Å². The van der Waals surface area contributed by atoms with Gasteiger partial charge in [-0.05, 0) is 31.5 Å². The van der Waals surface area contributed by atoms with Crippen LogP contribution in [0.4, 0.5) is 10.1 Å². The first-order chi connectivity index (χ1) is 7.52. The van der Waals surface area contributed by atoms with Crippen LogP contribution in [-0.2, 0) is 0 Å². The summed E-state index contributed by atoms with van der Waals surface area (Å²) in [5, 5.41) is 2.72. The van der Waals surface area contributed by atoms with Gasteiger partial charge in [-0.25, -0.2) is 4.39 Å². The zero-order chi connectivity index (χ0) is 12.1. The lowest BCUT2D eigenvalue weighted by Crippen LogP contribution is -2.32. The van der Waals surface area contributed by atoms with E-state index in [1.165, 1.54) is 12.1 Å². The van der Waals surface area contributed by atoms with Gasteiger partial charge in [0.1, 0.15) is 5.82 Å². The molecule has 0 saturated carbocycles. The molecule has 4 heteroatoms. The number of hydrogen-bond donors (Lipinski definition) is 2. The summed E-state index contributed by atoms with van der Waals surface area (Å²) >= 11 is 0. The fraction of sp³-hybridized carbons (Fsp3) is 0.250. The molecule has 0 heterocycles. The Morgan fingerprint density at radius 2 is 2.31 bits per heavy atom. The molecule has 3 nitrogen and oxygen atoms in total. The minimum atomic E-state index is -0.512. The van der Waals surface area contributed by atoms with Gasteiger partial charge in [0.2, 0.25) is 0 Å². The molecule has 1 amide bonds. The molecule has 86 valence electrons. The summed E-state index contributed by atoms with van der Waals surface area (Å²) in [5.74, 6) is -0.845. The van der Waals surface area contributed by atoms with Gasteiger partial charge in [-0.3, -0.25) is 4.79 Å². The SMILES string of the molecule is C=CCC(C)NC(=O)c1cc(N)cc(F)c1. The molecule has 0 saturated heterocycles. The van der Waals surface area contributed by atoms with E-state index in [-0.39, 0.29) is 23.2 Å². The third kappa shape index (κ3) is 3.38. The van der Waals surface area contributed by atoms with Gasteiger partial charge in [0.15, 0.2) is 0 Å². The number of carbonyl (C=O) groups is 1. The second kappa shape index (κ2) is 5.30. The van der Waals surface area contributed by atoms with Gasteiger partial charge in [-0.15, -0.1) is 6.58 Å². The third-order valence-corrected chi connectivity index (χ3v) is 2.08. The van der Waals surface area contributed by atoms with Crippen LogP contribution in [0.3, 0.4) is 0 Å². The zero-order valence-electron chi connectivity index (χ0n) is 9.16. The second-order valence-corrected chi connectivity index (χ2v) is 3.67. The van der Waals surface area contributed by atoms with Crippen molar-refractivity contribution in [1.82, 2.24) is 5.32 Å². The van der Waals surface area contributed by atoms with E-state index >= 15 is 0 Å². The Bertz CT molecular complexity index is 384. The number of hydrogen-bond acceptors (Lipinski definition) is 2. The maximum Gasteiger partial charge on any atom is 0.251 e. The van der Waals surface area contributed by atoms with Crippen molar-refractivity contribution < 1.29 is 9.18 Å². The Hall–Kier alpha value is -1.84. The first-order valence-corrected chi connectivity index (χ1v) is 5.00. The van der Waals surface area contributed by atoms with Gasteiger partial charge in [-0.2, -0.15) is 0 Å². The van der Waals surface area contributed by atoms with Crippen molar-refractivity contribution in [2.45, 2.75) is 19.4 Å². The smallest absolute Gasteiger partial charge is 0.251 e. The number of nitrogens with two attached hydrogens (primary N) is 1. The highest BCUT2D eigenvalue weighted by Crippen LogP contribution is 2.11. The molecule has 0 aliphatic heterocycles. The number of anilines is 1. The number of amides is 1. The number of rotatable bonds is 4. The van der Waals surface area contributed by atoms with Gasteiger partial charge in [0, 0.05) is 17.3 Å². The van der Waals surface area contributed by atoms with Crippen LogP contribution in [0.1, 0.15) is 23.7 Å². The molecule has 1 rings (SSSR count). The summed E-state index contributed by atoms with van der Waals surface area (Å²) in [6.45, 7) is 5.43. The molecule has 1 aromatic carbocycles. The molecule has 1 unspecified atom stereocenters. The highest BCUT2D eigenvalue weighted by atomic mass is 19.1. The maximum atomic E-state index is 13.0. The lowest BCUT2D eigenvalue weighted by atomic mass is 10.1. The minimum Gasteiger partial charge on any atom is -0.399 e. The molecule has 0 bridgehead atoms. The largest absolute Gasteiger partial charge is 0.399 e. The van der Waals surface area contributed by atoms with Crippen LogP contribution < -0.4 is 11.1 Å². The van der Waals surface area contributed by atoms with Crippen LogP contribution in [0.25, 0.3) is 0 Å². The summed E-state index contributed by atoms with van der Waals surface area (Å²) in [4.78, 5) is 11.7. The quantitative estimate of drug-likeness (QED) is 0.605. The molecule has 0 aliphatic carbocycles. The molecule has 16 heavy (non-hydrogen) atoms. The number of halogens is 1. The van der Waals surface area contributed by atoms with Gasteiger partial charge in [0.25, 0.3) is 5.91 Å². The third-order valence-electron chi connectivity index (χ3n) is 2.08. The summed E-state index contributed by atoms with van der Waals surface area (Å²) < 4.78 is 13.0. The predicted octanol–water partition coefficient (Wildman–Crippen LogP) is 2.10. The monoisotopic (exact) mass is 222 g/mol. The van der Waals surface area contributed by atoms with Crippen molar-refractivity contribution in [2.24, 2.45) is 0 Å². The van der Waals surface area contributed by atoms with Crippen molar-refractivity contribution in [3.05, 3.63) is 42.2 Å². The molecule has 0 fully saturated rings. The minimum absolute atomic E-state index is 0.0329. The first kappa shape index (κ1) is 12.2. The van der Waals surface area contributed by atoms with Crippen molar-refractivity contribution in [3.8, 4) is 0 Å². The maximum absolute atomic E-state index is 13.0.